The van der Waals surface area contributed by atoms with Crippen LogP contribution in [0.15, 0.2) is 91.0 Å². The number of nitrogens with one attached hydrogen (secondary N) is 1. The van der Waals surface area contributed by atoms with Crippen molar-refractivity contribution in [1.29, 1.82) is 0 Å². The molecule has 0 aliphatic rings. The molecule has 37 heavy (non-hydrogen) atoms. The first-order valence-electron chi connectivity index (χ1n) is 11.0. The Morgan fingerprint density at radius 3 is 2.19 bits per heavy atom. The second-order valence-electron chi connectivity index (χ2n) is 8.09. The van der Waals surface area contributed by atoms with Gasteiger partial charge in [-0.15, -0.1) is 0 Å². The maximum Gasteiger partial charge on any atom is 0.416 e. The van der Waals surface area contributed by atoms with E-state index in [0.29, 0.717) is 26.7 Å². The zero-order valence-electron chi connectivity index (χ0n) is 19.0. The highest BCUT2D eigenvalue weighted by Gasteiger charge is 2.30. The number of rotatable bonds is 7. The third-order valence-electron chi connectivity index (χ3n) is 5.53. The first-order chi connectivity index (χ1) is 17.6. The second kappa shape index (κ2) is 11.2. The summed E-state index contributed by atoms with van der Waals surface area (Å²) in [5.41, 5.74) is 1.01. The number of hydrogen-bond donors (Lipinski definition) is 1. The van der Waals surface area contributed by atoms with Gasteiger partial charge >= 0.3 is 6.18 Å². The van der Waals surface area contributed by atoms with E-state index in [4.69, 9.17) is 27.9 Å². The first kappa shape index (κ1) is 26.5. The van der Waals surface area contributed by atoms with Crippen molar-refractivity contribution in [3.63, 3.8) is 0 Å². The highest BCUT2D eigenvalue weighted by molar-refractivity contribution is 6.31. The highest BCUT2D eigenvalue weighted by atomic mass is 35.5. The fourth-order valence-electron chi connectivity index (χ4n) is 3.60. The van der Waals surface area contributed by atoms with Gasteiger partial charge in [0.15, 0.2) is 17.7 Å². The Morgan fingerprint density at radius 1 is 0.892 bits per heavy atom. The zero-order chi connectivity index (χ0) is 26.6. The molecule has 0 heterocycles. The van der Waals surface area contributed by atoms with E-state index in [1.807, 2.05) is 0 Å². The largest absolute Gasteiger partial charge is 0.478 e. The third kappa shape index (κ3) is 6.61. The molecule has 4 rings (SSSR count). The summed E-state index contributed by atoms with van der Waals surface area (Å²) in [6.07, 6.45) is -5.19. The topological polar surface area (TPSA) is 38.3 Å². The molecule has 1 unspecified atom stereocenters. The molecular formula is C28H19Cl2F4NO2. The lowest BCUT2D eigenvalue weighted by Gasteiger charge is -2.22. The number of alkyl halides is 3. The lowest BCUT2D eigenvalue weighted by atomic mass is 10.0. The molecule has 0 bridgehead atoms. The zero-order valence-corrected chi connectivity index (χ0v) is 20.5. The molecule has 0 aliphatic carbocycles. The summed E-state index contributed by atoms with van der Waals surface area (Å²) in [5, 5.41) is 3.53. The Morgan fingerprint density at radius 2 is 1.57 bits per heavy atom. The van der Waals surface area contributed by atoms with Gasteiger partial charge in [0.05, 0.1) is 5.56 Å². The van der Waals surface area contributed by atoms with Gasteiger partial charge in [-0.25, -0.2) is 4.39 Å². The van der Waals surface area contributed by atoms with Crippen LogP contribution in [0.25, 0.3) is 0 Å². The van der Waals surface area contributed by atoms with Crippen molar-refractivity contribution in [3.05, 3.63) is 135 Å². The van der Waals surface area contributed by atoms with Crippen LogP contribution < -0.4 is 10.1 Å². The average Bonchev–Trinajstić information content (AvgIpc) is 2.87. The summed E-state index contributed by atoms with van der Waals surface area (Å²) in [4.78, 5) is 12.5. The fraction of sp³-hybridized carbons (Fsp3) is 0.107. The number of carbonyl (C=O) groups is 1. The normalized spacial score (nSPS) is 12.2. The fourth-order valence-corrected chi connectivity index (χ4v) is 3.96. The van der Waals surface area contributed by atoms with Gasteiger partial charge in [0.2, 0.25) is 0 Å². The van der Waals surface area contributed by atoms with Crippen molar-refractivity contribution in [1.82, 2.24) is 5.32 Å². The van der Waals surface area contributed by atoms with Gasteiger partial charge in [0.1, 0.15) is 0 Å². The van der Waals surface area contributed by atoms with Gasteiger partial charge in [0.25, 0.3) is 5.91 Å². The molecule has 4 aromatic rings. The molecule has 0 radical (unpaired) electrons. The van der Waals surface area contributed by atoms with Gasteiger partial charge in [-0.3, -0.25) is 4.79 Å². The molecule has 0 aliphatic heterocycles. The summed E-state index contributed by atoms with van der Waals surface area (Å²) in [6, 6.07) is 22.1. The first-order valence-corrected chi connectivity index (χ1v) is 11.8. The Labute approximate surface area is 220 Å². The van der Waals surface area contributed by atoms with Gasteiger partial charge in [-0.05, 0) is 59.7 Å². The second-order valence-corrected chi connectivity index (χ2v) is 8.94. The lowest BCUT2D eigenvalue weighted by Crippen LogP contribution is -2.23. The maximum absolute atomic E-state index is 15.0. The molecule has 9 heteroatoms. The van der Waals surface area contributed by atoms with E-state index >= 15 is 4.39 Å². The molecule has 1 amide bonds. The number of benzene rings is 4. The van der Waals surface area contributed by atoms with Crippen molar-refractivity contribution < 1.29 is 27.1 Å². The summed E-state index contributed by atoms with van der Waals surface area (Å²) in [5.74, 6) is -1.46. The van der Waals surface area contributed by atoms with Crippen LogP contribution in [0.2, 0.25) is 10.0 Å². The number of halogens is 6. The van der Waals surface area contributed by atoms with Crippen LogP contribution in [0.5, 0.6) is 5.75 Å². The molecule has 0 saturated carbocycles. The molecule has 1 atom stereocenters. The predicted molar refractivity (Wildman–Crippen MR) is 134 cm³/mol. The molecular weight excluding hydrogens is 529 g/mol. The van der Waals surface area contributed by atoms with Crippen molar-refractivity contribution in [2.45, 2.75) is 18.8 Å². The minimum Gasteiger partial charge on any atom is -0.478 e. The highest BCUT2D eigenvalue weighted by Crippen LogP contribution is 2.34. The smallest absolute Gasteiger partial charge is 0.416 e. The molecule has 3 nitrogen and oxygen atoms in total. The van der Waals surface area contributed by atoms with Gasteiger partial charge < -0.3 is 10.1 Å². The van der Waals surface area contributed by atoms with Gasteiger partial charge in [-0.2, -0.15) is 13.2 Å². The van der Waals surface area contributed by atoms with Crippen LogP contribution in [-0.4, -0.2) is 5.91 Å². The number of amides is 1. The van der Waals surface area contributed by atoms with E-state index in [9.17, 15) is 18.0 Å². The molecule has 0 fully saturated rings. The summed E-state index contributed by atoms with van der Waals surface area (Å²) in [6.45, 7) is -0.0258. The average molecular weight is 548 g/mol. The maximum atomic E-state index is 15.0. The van der Waals surface area contributed by atoms with Crippen LogP contribution in [-0.2, 0) is 12.7 Å². The minimum atomic E-state index is -4.44. The Kier molecular flexibility index (Phi) is 8.05. The van der Waals surface area contributed by atoms with Crippen molar-refractivity contribution in [2.24, 2.45) is 0 Å². The van der Waals surface area contributed by atoms with E-state index in [-0.39, 0.29) is 17.9 Å². The van der Waals surface area contributed by atoms with E-state index < -0.39 is 29.6 Å². The Bertz CT molecular complexity index is 1390. The van der Waals surface area contributed by atoms with E-state index in [0.717, 1.165) is 18.2 Å². The van der Waals surface area contributed by atoms with Crippen molar-refractivity contribution in [2.75, 3.05) is 0 Å². The van der Waals surface area contributed by atoms with Crippen LogP contribution >= 0.6 is 23.2 Å². The molecule has 190 valence electrons. The van der Waals surface area contributed by atoms with Crippen LogP contribution in [0, 0.1) is 5.82 Å². The summed E-state index contributed by atoms with van der Waals surface area (Å²) >= 11 is 12.4. The van der Waals surface area contributed by atoms with E-state index in [2.05, 4.69) is 5.32 Å². The molecule has 0 saturated heterocycles. The summed E-state index contributed by atoms with van der Waals surface area (Å²) < 4.78 is 59.2. The van der Waals surface area contributed by atoms with Crippen molar-refractivity contribution >= 4 is 29.1 Å². The third-order valence-corrected chi connectivity index (χ3v) is 6.13. The molecule has 4 aromatic carbocycles. The van der Waals surface area contributed by atoms with Crippen LogP contribution in [0.3, 0.4) is 0 Å². The van der Waals surface area contributed by atoms with Crippen molar-refractivity contribution in [3.8, 4) is 5.75 Å². The SMILES string of the molecule is O=C(NCc1ccc(C(F)(F)F)cc1)c1ccc(OC(c2ccc(Cl)cc2)c2ccccc2Cl)c(F)c1. The molecule has 1 N–H and O–H groups in total. The standard InChI is InChI=1S/C28H19Cl2F4NO2/c29-21-12-7-18(8-13-21)26(22-3-1-2-4-23(22)30)37-25-14-9-19(15-24(25)31)27(36)35-16-17-5-10-20(11-6-17)28(32,33)34/h1-15,26H,16H2,(H,35,36). The number of hydrogen-bond acceptors (Lipinski definition) is 2. The Balaban J connectivity index is 1.50. The van der Waals surface area contributed by atoms with Gasteiger partial charge in [0, 0.05) is 27.7 Å². The van der Waals surface area contributed by atoms with Gasteiger partial charge in [-0.1, -0.05) is 65.7 Å². The monoisotopic (exact) mass is 547 g/mol. The lowest BCUT2D eigenvalue weighted by molar-refractivity contribution is -0.137. The molecule has 0 aromatic heterocycles. The quantitative estimate of drug-likeness (QED) is 0.236. The minimum absolute atomic E-state index is 0.0255. The van der Waals surface area contributed by atoms with Crippen LogP contribution in [0.1, 0.15) is 38.7 Å². The number of carbonyl (C=O) groups excluding carboxylic acids is 1. The number of ether oxygens (including phenoxy) is 1. The van der Waals surface area contributed by atoms with E-state index in [1.54, 1.807) is 48.5 Å². The van der Waals surface area contributed by atoms with E-state index in [1.165, 1.54) is 24.3 Å². The van der Waals surface area contributed by atoms with Crippen LogP contribution in [0.4, 0.5) is 17.6 Å². The molecule has 0 spiro atoms. The Hall–Kier alpha value is -3.55. The summed E-state index contributed by atoms with van der Waals surface area (Å²) in [7, 11) is 0. The predicted octanol–water partition coefficient (Wildman–Crippen LogP) is 8.25.